The van der Waals surface area contributed by atoms with Gasteiger partial charge in [-0.1, -0.05) is 6.07 Å². The average molecular weight is 244 g/mol. The molecule has 1 N–H and O–H groups in total. The first-order valence-corrected chi connectivity index (χ1v) is 6.21. The van der Waals surface area contributed by atoms with Crippen LogP contribution < -0.4 is 10.2 Å². The van der Waals surface area contributed by atoms with Gasteiger partial charge in [0.05, 0.1) is 6.20 Å². The first kappa shape index (κ1) is 12.5. The average Bonchev–Trinajstić information content (AvgIpc) is 2.84. The lowest BCUT2D eigenvalue weighted by atomic mass is 10.2. The summed E-state index contributed by atoms with van der Waals surface area (Å²) in [6.45, 7) is 3.80. The van der Waals surface area contributed by atoms with Crippen LogP contribution in [0.3, 0.4) is 0 Å². The van der Waals surface area contributed by atoms with Gasteiger partial charge in [0, 0.05) is 50.3 Å². The Morgan fingerprint density at radius 2 is 2.17 bits per heavy atom. The summed E-state index contributed by atoms with van der Waals surface area (Å²) in [5.41, 5.74) is 3.53. The first-order valence-electron chi connectivity index (χ1n) is 6.21. The zero-order valence-electron chi connectivity index (χ0n) is 11.2. The molecular weight excluding hydrogens is 224 g/mol. The van der Waals surface area contributed by atoms with E-state index >= 15 is 0 Å². The SMILES string of the molecule is CCn1cc(CNc2cccc(N(C)C)c2)cn1. The molecule has 0 atom stereocenters. The van der Waals surface area contributed by atoms with Gasteiger partial charge in [-0.15, -0.1) is 0 Å². The van der Waals surface area contributed by atoms with Crippen molar-refractivity contribution in [2.24, 2.45) is 0 Å². The van der Waals surface area contributed by atoms with Gasteiger partial charge in [0.15, 0.2) is 0 Å². The number of hydrogen-bond donors (Lipinski definition) is 1. The molecule has 0 fully saturated rings. The van der Waals surface area contributed by atoms with Crippen molar-refractivity contribution in [1.29, 1.82) is 0 Å². The zero-order chi connectivity index (χ0) is 13.0. The summed E-state index contributed by atoms with van der Waals surface area (Å²) in [5.74, 6) is 0. The van der Waals surface area contributed by atoms with Crippen LogP contribution in [0.2, 0.25) is 0 Å². The van der Waals surface area contributed by atoms with Crippen LogP contribution in [0.5, 0.6) is 0 Å². The molecule has 0 saturated heterocycles. The van der Waals surface area contributed by atoms with Gasteiger partial charge < -0.3 is 10.2 Å². The second-order valence-electron chi connectivity index (χ2n) is 4.50. The predicted octanol–water partition coefficient (Wildman–Crippen LogP) is 2.58. The predicted molar refractivity (Wildman–Crippen MR) is 76.0 cm³/mol. The summed E-state index contributed by atoms with van der Waals surface area (Å²) in [7, 11) is 4.09. The van der Waals surface area contributed by atoms with Crippen molar-refractivity contribution in [3.8, 4) is 0 Å². The summed E-state index contributed by atoms with van der Waals surface area (Å²) in [6.07, 6.45) is 3.98. The van der Waals surface area contributed by atoms with Crippen molar-refractivity contribution < 1.29 is 0 Å². The Labute approximate surface area is 108 Å². The molecule has 18 heavy (non-hydrogen) atoms. The Bertz CT molecular complexity index is 502. The summed E-state index contributed by atoms with van der Waals surface area (Å²) in [4.78, 5) is 2.10. The largest absolute Gasteiger partial charge is 0.381 e. The second kappa shape index (κ2) is 5.58. The highest BCUT2D eigenvalue weighted by molar-refractivity contribution is 5.57. The Balaban J connectivity index is 1.99. The van der Waals surface area contributed by atoms with Crippen molar-refractivity contribution in [3.05, 3.63) is 42.2 Å². The topological polar surface area (TPSA) is 33.1 Å². The number of nitrogens with one attached hydrogen (secondary N) is 1. The van der Waals surface area contributed by atoms with Gasteiger partial charge in [0.25, 0.3) is 0 Å². The fourth-order valence-electron chi connectivity index (χ4n) is 1.77. The van der Waals surface area contributed by atoms with Crippen molar-refractivity contribution >= 4 is 11.4 Å². The molecule has 0 aliphatic heterocycles. The van der Waals surface area contributed by atoms with Gasteiger partial charge in [0.1, 0.15) is 0 Å². The summed E-state index contributed by atoms with van der Waals surface area (Å²) in [6, 6.07) is 8.38. The number of rotatable bonds is 5. The van der Waals surface area contributed by atoms with Crippen LogP contribution in [0.15, 0.2) is 36.7 Å². The molecule has 1 aromatic carbocycles. The van der Waals surface area contributed by atoms with E-state index in [1.54, 1.807) is 0 Å². The summed E-state index contributed by atoms with van der Waals surface area (Å²) < 4.78 is 1.94. The highest BCUT2D eigenvalue weighted by Gasteiger charge is 1.99. The Kier molecular flexibility index (Phi) is 3.87. The van der Waals surface area contributed by atoms with Crippen LogP contribution in [-0.2, 0) is 13.1 Å². The van der Waals surface area contributed by atoms with E-state index in [4.69, 9.17) is 0 Å². The molecule has 0 radical (unpaired) electrons. The van der Waals surface area contributed by atoms with Crippen LogP contribution in [-0.4, -0.2) is 23.9 Å². The van der Waals surface area contributed by atoms with E-state index in [-0.39, 0.29) is 0 Å². The minimum atomic E-state index is 0.802. The minimum Gasteiger partial charge on any atom is -0.381 e. The van der Waals surface area contributed by atoms with E-state index in [1.807, 2.05) is 25.0 Å². The van der Waals surface area contributed by atoms with E-state index in [2.05, 4.69) is 52.7 Å². The fraction of sp³-hybridized carbons (Fsp3) is 0.357. The van der Waals surface area contributed by atoms with Crippen molar-refractivity contribution in [1.82, 2.24) is 9.78 Å². The molecular formula is C14H20N4. The summed E-state index contributed by atoms with van der Waals surface area (Å²) >= 11 is 0. The molecule has 0 amide bonds. The monoisotopic (exact) mass is 244 g/mol. The quantitative estimate of drug-likeness (QED) is 0.877. The third-order valence-electron chi connectivity index (χ3n) is 2.87. The number of nitrogens with zero attached hydrogens (tertiary/aromatic N) is 3. The fourth-order valence-corrected chi connectivity index (χ4v) is 1.77. The van der Waals surface area contributed by atoms with Crippen molar-refractivity contribution in [2.75, 3.05) is 24.3 Å². The van der Waals surface area contributed by atoms with Gasteiger partial charge in [-0.2, -0.15) is 5.10 Å². The van der Waals surface area contributed by atoms with Gasteiger partial charge in [-0.05, 0) is 25.1 Å². The number of aryl methyl sites for hydroxylation is 1. The third-order valence-corrected chi connectivity index (χ3v) is 2.87. The third kappa shape index (κ3) is 3.03. The van der Waals surface area contributed by atoms with E-state index in [0.29, 0.717) is 0 Å². The summed E-state index contributed by atoms with van der Waals surface area (Å²) in [5, 5.41) is 7.67. The lowest BCUT2D eigenvalue weighted by Gasteiger charge is -2.14. The maximum absolute atomic E-state index is 4.26. The van der Waals surface area contributed by atoms with Crippen LogP contribution in [0.4, 0.5) is 11.4 Å². The molecule has 0 unspecified atom stereocenters. The molecule has 1 heterocycles. The molecule has 1 aromatic heterocycles. The highest BCUT2D eigenvalue weighted by Crippen LogP contribution is 2.17. The zero-order valence-corrected chi connectivity index (χ0v) is 11.2. The van der Waals surface area contributed by atoms with Gasteiger partial charge in [0.2, 0.25) is 0 Å². The standard InChI is InChI=1S/C14H20N4/c1-4-18-11-12(10-16-18)9-15-13-6-5-7-14(8-13)17(2)3/h5-8,10-11,15H,4,9H2,1-3H3. The Hall–Kier alpha value is -1.97. The molecule has 0 bridgehead atoms. The molecule has 2 aromatic rings. The van der Waals surface area contributed by atoms with Crippen LogP contribution in [0.1, 0.15) is 12.5 Å². The number of aromatic nitrogens is 2. The lowest BCUT2D eigenvalue weighted by molar-refractivity contribution is 0.659. The van der Waals surface area contributed by atoms with Crippen molar-refractivity contribution in [3.63, 3.8) is 0 Å². The Morgan fingerprint density at radius 1 is 1.33 bits per heavy atom. The molecule has 96 valence electrons. The van der Waals surface area contributed by atoms with E-state index in [9.17, 15) is 0 Å². The van der Waals surface area contributed by atoms with Gasteiger partial charge >= 0.3 is 0 Å². The van der Waals surface area contributed by atoms with Gasteiger partial charge in [-0.3, -0.25) is 4.68 Å². The first-order chi connectivity index (χ1) is 8.69. The smallest absolute Gasteiger partial charge is 0.0539 e. The minimum absolute atomic E-state index is 0.802. The second-order valence-corrected chi connectivity index (χ2v) is 4.50. The normalized spacial score (nSPS) is 10.4. The lowest BCUT2D eigenvalue weighted by Crippen LogP contribution is -2.09. The molecule has 0 spiro atoms. The number of anilines is 2. The molecule has 0 saturated carbocycles. The van der Waals surface area contributed by atoms with E-state index < -0.39 is 0 Å². The number of benzene rings is 1. The number of hydrogen-bond acceptors (Lipinski definition) is 3. The van der Waals surface area contributed by atoms with E-state index in [0.717, 1.165) is 18.8 Å². The van der Waals surface area contributed by atoms with Gasteiger partial charge in [-0.25, -0.2) is 0 Å². The Morgan fingerprint density at radius 3 is 2.83 bits per heavy atom. The molecule has 0 aliphatic rings. The van der Waals surface area contributed by atoms with Crippen LogP contribution in [0, 0.1) is 0 Å². The maximum Gasteiger partial charge on any atom is 0.0539 e. The van der Waals surface area contributed by atoms with Crippen LogP contribution in [0.25, 0.3) is 0 Å². The highest BCUT2D eigenvalue weighted by atomic mass is 15.3. The molecule has 4 nitrogen and oxygen atoms in total. The molecule has 2 rings (SSSR count). The maximum atomic E-state index is 4.26. The molecule has 0 aliphatic carbocycles. The van der Waals surface area contributed by atoms with Crippen molar-refractivity contribution in [2.45, 2.75) is 20.0 Å². The van der Waals surface area contributed by atoms with E-state index in [1.165, 1.54) is 11.3 Å². The molecule has 4 heteroatoms. The van der Waals surface area contributed by atoms with Crippen LogP contribution >= 0.6 is 0 Å².